The Bertz CT molecular complexity index is 792. The maximum Gasteiger partial charge on any atom is 0.0348 e. The molecule has 24 heavy (non-hydrogen) atoms. The highest BCUT2D eigenvalue weighted by Gasteiger charge is 2.19. The van der Waals surface area contributed by atoms with E-state index in [4.69, 9.17) is 0 Å². The summed E-state index contributed by atoms with van der Waals surface area (Å²) in [7, 11) is 0. The zero-order chi connectivity index (χ0) is 16.2. The lowest BCUT2D eigenvalue weighted by Crippen LogP contribution is -2.38. The molecule has 0 aliphatic carbocycles. The third-order valence-electron chi connectivity index (χ3n) is 4.85. The molecule has 1 N–H and O–H groups in total. The van der Waals surface area contributed by atoms with Crippen molar-refractivity contribution in [2.75, 3.05) is 18.4 Å². The minimum Gasteiger partial charge on any atom is -0.382 e. The molecule has 1 aliphatic rings. The number of nitrogens with zero attached hydrogens (tertiary/aromatic N) is 2. The summed E-state index contributed by atoms with van der Waals surface area (Å²) >= 11 is 0. The summed E-state index contributed by atoms with van der Waals surface area (Å²) in [6.45, 7) is 3.38. The molecule has 1 aromatic heterocycles. The second-order valence-corrected chi connectivity index (χ2v) is 6.62. The maximum absolute atomic E-state index is 4.17. The topological polar surface area (TPSA) is 28.2 Å². The van der Waals surface area contributed by atoms with Crippen LogP contribution in [0, 0.1) is 0 Å². The van der Waals surface area contributed by atoms with Crippen molar-refractivity contribution in [2.45, 2.75) is 25.4 Å². The van der Waals surface area contributed by atoms with Gasteiger partial charge in [-0.2, -0.15) is 0 Å². The molecule has 1 fully saturated rings. The molecule has 1 saturated heterocycles. The van der Waals surface area contributed by atoms with Crippen LogP contribution in [-0.4, -0.2) is 29.0 Å². The van der Waals surface area contributed by atoms with E-state index >= 15 is 0 Å². The molecule has 3 aromatic rings. The van der Waals surface area contributed by atoms with Crippen molar-refractivity contribution in [3.63, 3.8) is 0 Å². The zero-order valence-corrected chi connectivity index (χ0v) is 13.9. The van der Waals surface area contributed by atoms with E-state index in [1.54, 1.807) is 0 Å². The van der Waals surface area contributed by atoms with E-state index in [-0.39, 0.29) is 0 Å². The van der Waals surface area contributed by atoms with Crippen LogP contribution in [-0.2, 0) is 6.54 Å². The van der Waals surface area contributed by atoms with E-state index in [0.29, 0.717) is 6.04 Å². The van der Waals surface area contributed by atoms with E-state index in [1.807, 2.05) is 12.4 Å². The number of benzene rings is 2. The quantitative estimate of drug-likeness (QED) is 0.777. The number of fused-ring (bicyclic) bond motifs is 1. The molecular weight excluding hydrogens is 294 g/mol. The highest BCUT2D eigenvalue weighted by atomic mass is 15.1. The Morgan fingerprint density at radius 2 is 1.79 bits per heavy atom. The summed E-state index contributed by atoms with van der Waals surface area (Å²) in [5, 5.41) is 6.15. The van der Waals surface area contributed by atoms with Crippen LogP contribution < -0.4 is 5.32 Å². The van der Waals surface area contributed by atoms with Gasteiger partial charge in [-0.15, -0.1) is 0 Å². The van der Waals surface area contributed by atoms with Gasteiger partial charge in [0.05, 0.1) is 0 Å². The average molecular weight is 317 g/mol. The maximum atomic E-state index is 4.17. The van der Waals surface area contributed by atoms with Gasteiger partial charge in [-0.1, -0.05) is 36.4 Å². The van der Waals surface area contributed by atoms with Crippen LogP contribution in [0.2, 0.25) is 0 Å². The van der Waals surface area contributed by atoms with E-state index in [2.05, 4.69) is 69.8 Å². The number of hydrogen-bond acceptors (Lipinski definition) is 3. The lowest BCUT2D eigenvalue weighted by atomic mass is 10.0. The predicted octanol–water partition coefficient (Wildman–Crippen LogP) is 4.31. The van der Waals surface area contributed by atoms with Gasteiger partial charge in [-0.3, -0.25) is 9.88 Å². The fourth-order valence-electron chi connectivity index (χ4n) is 3.49. The van der Waals surface area contributed by atoms with Crippen LogP contribution in [0.15, 0.2) is 67.0 Å². The SMILES string of the molecule is c1ccc(CN2CCC(Nc3ccc4cnccc4c3)CC2)cc1. The summed E-state index contributed by atoms with van der Waals surface area (Å²) in [5.41, 5.74) is 2.63. The van der Waals surface area contributed by atoms with Gasteiger partial charge in [-0.05, 0) is 42.0 Å². The van der Waals surface area contributed by atoms with Gasteiger partial charge in [-0.25, -0.2) is 0 Å². The number of likely N-dealkylation sites (tertiary alicyclic amines) is 1. The highest BCUT2D eigenvalue weighted by Crippen LogP contribution is 2.22. The van der Waals surface area contributed by atoms with Crippen LogP contribution in [0.3, 0.4) is 0 Å². The molecule has 2 aromatic carbocycles. The van der Waals surface area contributed by atoms with Crippen molar-refractivity contribution in [3.05, 3.63) is 72.6 Å². The molecule has 2 heterocycles. The molecular formula is C21H23N3. The van der Waals surface area contributed by atoms with E-state index in [1.165, 1.54) is 34.9 Å². The smallest absolute Gasteiger partial charge is 0.0348 e. The number of pyridine rings is 1. The largest absolute Gasteiger partial charge is 0.382 e. The van der Waals surface area contributed by atoms with Crippen LogP contribution in [0.5, 0.6) is 0 Å². The third kappa shape index (κ3) is 3.57. The van der Waals surface area contributed by atoms with E-state index in [9.17, 15) is 0 Å². The predicted molar refractivity (Wildman–Crippen MR) is 100 cm³/mol. The molecule has 0 bridgehead atoms. The molecule has 4 rings (SSSR count). The van der Waals surface area contributed by atoms with Crippen molar-refractivity contribution < 1.29 is 0 Å². The van der Waals surface area contributed by atoms with Gasteiger partial charge < -0.3 is 5.32 Å². The fourth-order valence-corrected chi connectivity index (χ4v) is 3.49. The van der Waals surface area contributed by atoms with Gasteiger partial charge in [0, 0.05) is 49.1 Å². The molecule has 0 radical (unpaired) electrons. The summed E-state index contributed by atoms with van der Waals surface area (Å²) < 4.78 is 0. The zero-order valence-electron chi connectivity index (χ0n) is 13.9. The second kappa shape index (κ2) is 7.02. The number of hydrogen-bond donors (Lipinski definition) is 1. The van der Waals surface area contributed by atoms with Gasteiger partial charge in [0.2, 0.25) is 0 Å². The standard InChI is InChI=1S/C21H23N3/c1-2-4-17(5-3-1)16-24-12-9-20(10-13-24)23-21-7-6-19-15-22-11-8-18(19)14-21/h1-8,11,14-15,20,23H,9-10,12-13,16H2. The monoisotopic (exact) mass is 317 g/mol. The Hall–Kier alpha value is -2.39. The molecule has 3 nitrogen and oxygen atoms in total. The average Bonchev–Trinajstić information content (AvgIpc) is 2.64. The van der Waals surface area contributed by atoms with Gasteiger partial charge >= 0.3 is 0 Å². The summed E-state index contributed by atoms with van der Waals surface area (Å²) in [6, 6.07) is 19.9. The highest BCUT2D eigenvalue weighted by molar-refractivity contribution is 5.84. The first-order valence-electron chi connectivity index (χ1n) is 8.73. The Morgan fingerprint density at radius 3 is 2.62 bits per heavy atom. The minimum absolute atomic E-state index is 0.566. The normalized spacial score (nSPS) is 16.3. The van der Waals surface area contributed by atoms with Crippen molar-refractivity contribution in [2.24, 2.45) is 0 Å². The summed E-state index contributed by atoms with van der Waals surface area (Å²) in [4.78, 5) is 6.73. The van der Waals surface area contributed by atoms with Crippen molar-refractivity contribution in [3.8, 4) is 0 Å². The molecule has 0 atom stereocenters. The first kappa shape index (κ1) is 15.2. The molecule has 0 amide bonds. The lowest BCUT2D eigenvalue weighted by molar-refractivity contribution is 0.211. The Kier molecular flexibility index (Phi) is 4.43. The van der Waals surface area contributed by atoms with Crippen molar-refractivity contribution in [1.29, 1.82) is 0 Å². The number of piperidine rings is 1. The van der Waals surface area contributed by atoms with E-state index < -0.39 is 0 Å². The van der Waals surface area contributed by atoms with Crippen LogP contribution >= 0.6 is 0 Å². The van der Waals surface area contributed by atoms with Crippen molar-refractivity contribution in [1.82, 2.24) is 9.88 Å². The number of aromatic nitrogens is 1. The molecule has 0 spiro atoms. The summed E-state index contributed by atoms with van der Waals surface area (Å²) in [6.07, 6.45) is 6.16. The van der Waals surface area contributed by atoms with Gasteiger partial charge in [0.15, 0.2) is 0 Å². The van der Waals surface area contributed by atoms with Gasteiger partial charge in [0.1, 0.15) is 0 Å². The van der Waals surface area contributed by atoms with Gasteiger partial charge in [0.25, 0.3) is 0 Å². The fraction of sp³-hybridized carbons (Fsp3) is 0.286. The number of rotatable bonds is 4. The number of nitrogens with one attached hydrogen (secondary N) is 1. The molecule has 122 valence electrons. The second-order valence-electron chi connectivity index (χ2n) is 6.62. The molecule has 0 saturated carbocycles. The Labute approximate surface area is 143 Å². The van der Waals surface area contributed by atoms with Crippen LogP contribution in [0.4, 0.5) is 5.69 Å². The minimum atomic E-state index is 0.566. The first-order valence-corrected chi connectivity index (χ1v) is 8.73. The number of anilines is 1. The third-order valence-corrected chi connectivity index (χ3v) is 4.85. The molecule has 0 unspecified atom stereocenters. The first-order chi connectivity index (χ1) is 11.9. The molecule has 3 heteroatoms. The lowest BCUT2D eigenvalue weighted by Gasteiger charge is -2.33. The Morgan fingerprint density at radius 1 is 0.958 bits per heavy atom. The van der Waals surface area contributed by atoms with Crippen LogP contribution in [0.1, 0.15) is 18.4 Å². The molecule has 1 aliphatic heterocycles. The van der Waals surface area contributed by atoms with E-state index in [0.717, 1.165) is 19.6 Å². The summed E-state index contributed by atoms with van der Waals surface area (Å²) in [5.74, 6) is 0. The van der Waals surface area contributed by atoms with Crippen LogP contribution in [0.25, 0.3) is 10.8 Å². The van der Waals surface area contributed by atoms with Crippen molar-refractivity contribution >= 4 is 16.5 Å². The Balaban J connectivity index is 1.34.